The molecule has 0 aliphatic rings. The SMILES string of the molecule is CCOc1ccccc1N(CC(=O)N(Cc1ccc(Cl)c(Cl)c1)[C@@H](Cc1ccccc1)C(=O)N[C@@H](C)CC)S(C)(=O)=O. The van der Waals surface area contributed by atoms with E-state index in [2.05, 4.69) is 5.32 Å². The van der Waals surface area contributed by atoms with Gasteiger partial charge in [-0.3, -0.25) is 13.9 Å². The van der Waals surface area contributed by atoms with Crippen LogP contribution in [-0.2, 0) is 32.6 Å². The fourth-order valence-corrected chi connectivity index (χ4v) is 5.54. The number of anilines is 1. The molecule has 0 spiro atoms. The van der Waals surface area contributed by atoms with Crippen molar-refractivity contribution in [1.29, 1.82) is 0 Å². The lowest BCUT2D eigenvalue weighted by Crippen LogP contribution is -2.54. The third kappa shape index (κ3) is 9.11. The van der Waals surface area contributed by atoms with Gasteiger partial charge < -0.3 is 15.0 Å². The zero-order valence-corrected chi connectivity index (χ0v) is 26.5. The first-order valence-electron chi connectivity index (χ1n) is 13.7. The van der Waals surface area contributed by atoms with Gasteiger partial charge in [0.15, 0.2) is 0 Å². The number of nitrogens with one attached hydrogen (secondary N) is 1. The van der Waals surface area contributed by atoms with Crippen molar-refractivity contribution in [3.05, 3.63) is 94.0 Å². The zero-order valence-electron chi connectivity index (χ0n) is 24.2. The number of hydrogen-bond donors (Lipinski definition) is 1. The average Bonchev–Trinajstić information content (AvgIpc) is 2.95. The van der Waals surface area contributed by atoms with Crippen LogP contribution in [-0.4, -0.2) is 56.6 Å². The van der Waals surface area contributed by atoms with Crippen LogP contribution >= 0.6 is 23.2 Å². The van der Waals surface area contributed by atoms with E-state index in [9.17, 15) is 18.0 Å². The van der Waals surface area contributed by atoms with Gasteiger partial charge in [-0.2, -0.15) is 0 Å². The molecule has 0 radical (unpaired) electrons. The smallest absolute Gasteiger partial charge is 0.244 e. The molecule has 0 saturated heterocycles. The number of rotatable bonds is 14. The summed E-state index contributed by atoms with van der Waals surface area (Å²) in [7, 11) is -3.93. The van der Waals surface area contributed by atoms with Crippen LogP contribution in [0.5, 0.6) is 5.75 Å². The summed E-state index contributed by atoms with van der Waals surface area (Å²) in [6.07, 6.45) is 1.94. The molecule has 3 aromatic carbocycles. The lowest BCUT2D eigenvalue weighted by molar-refractivity contribution is -0.140. The number of ether oxygens (including phenoxy) is 1. The molecule has 2 atom stereocenters. The van der Waals surface area contributed by atoms with Gasteiger partial charge in [-0.15, -0.1) is 0 Å². The topological polar surface area (TPSA) is 96.0 Å². The molecule has 226 valence electrons. The van der Waals surface area contributed by atoms with Crippen molar-refractivity contribution in [3.8, 4) is 5.75 Å². The van der Waals surface area contributed by atoms with Crippen molar-refractivity contribution in [2.24, 2.45) is 0 Å². The molecule has 0 unspecified atom stereocenters. The maximum Gasteiger partial charge on any atom is 0.244 e. The normalized spacial score (nSPS) is 12.7. The molecule has 3 rings (SSSR count). The Labute approximate surface area is 258 Å². The molecule has 0 bridgehead atoms. The van der Waals surface area contributed by atoms with E-state index in [0.717, 1.165) is 16.1 Å². The molecule has 42 heavy (non-hydrogen) atoms. The van der Waals surface area contributed by atoms with E-state index < -0.39 is 28.5 Å². The van der Waals surface area contributed by atoms with Crippen molar-refractivity contribution < 1.29 is 22.7 Å². The zero-order chi connectivity index (χ0) is 30.9. The van der Waals surface area contributed by atoms with Crippen LogP contribution in [0.15, 0.2) is 72.8 Å². The van der Waals surface area contributed by atoms with Crippen molar-refractivity contribution in [1.82, 2.24) is 10.2 Å². The predicted octanol–water partition coefficient (Wildman–Crippen LogP) is 5.71. The molecule has 0 aliphatic heterocycles. The number of para-hydroxylation sites is 2. The molecule has 0 fully saturated rings. The predicted molar refractivity (Wildman–Crippen MR) is 169 cm³/mol. The molecule has 8 nitrogen and oxygen atoms in total. The highest BCUT2D eigenvalue weighted by molar-refractivity contribution is 7.92. The van der Waals surface area contributed by atoms with Crippen LogP contribution in [0.2, 0.25) is 10.0 Å². The Bertz CT molecular complexity index is 1470. The Morgan fingerprint density at radius 3 is 2.21 bits per heavy atom. The van der Waals surface area contributed by atoms with Crippen LogP contribution in [0.25, 0.3) is 0 Å². The largest absolute Gasteiger partial charge is 0.492 e. The summed E-state index contributed by atoms with van der Waals surface area (Å²) in [4.78, 5) is 29.4. The quantitative estimate of drug-likeness (QED) is 0.245. The number of sulfonamides is 1. The Morgan fingerprint density at radius 2 is 1.60 bits per heavy atom. The van der Waals surface area contributed by atoms with E-state index in [1.54, 1.807) is 49.4 Å². The minimum Gasteiger partial charge on any atom is -0.492 e. The molecule has 1 N–H and O–H groups in total. The van der Waals surface area contributed by atoms with Crippen LogP contribution in [0, 0.1) is 0 Å². The number of halogens is 2. The van der Waals surface area contributed by atoms with Gasteiger partial charge in [0.1, 0.15) is 18.3 Å². The van der Waals surface area contributed by atoms with E-state index in [0.29, 0.717) is 34.4 Å². The lowest BCUT2D eigenvalue weighted by atomic mass is 10.0. The second kappa shape index (κ2) is 15.3. The fourth-order valence-electron chi connectivity index (χ4n) is 4.37. The summed E-state index contributed by atoms with van der Waals surface area (Å²) in [6.45, 7) is 5.38. The maximum atomic E-state index is 14.2. The number of benzene rings is 3. The Balaban J connectivity index is 2.10. The van der Waals surface area contributed by atoms with Crippen molar-refractivity contribution in [2.75, 3.05) is 23.7 Å². The van der Waals surface area contributed by atoms with E-state index in [-0.39, 0.29) is 30.6 Å². The van der Waals surface area contributed by atoms with E-state index in [1.165, 1.54) is 4.90 Å². The second-order valence-corrected chi connectivity index (χ2v) is 12.7. The number of amides is 2. The highest BCUT2D eigenvalue weighted by atomic mass is 35.5. The van der Waals surface area contributed by atoms with Crippen molar-refractivity contribution >= 4 is 50.7 Å². The van der Waals surface area contributed by atoms with Gasteiger partial charge in [0.2, 0.25) is 21.8 Å². The van der Waals surface area contributed by atoms with Crippen molar-refractivity contribution in [2.45, 2.75) is 52.2 Å². The van der Waals surface area contributed by atoms with E-state index in [1.807, 2.05) is 44.2 Å². The van der Waals surface area contributed by atoms with Gasteiger partial charge in [0, 0.05) is 19.0 Å². The molecule has 2 amide bonds. The van der Waals surface area contributed by atoms with Gasteiger partial charge in [-0.25, -0.2) is 8.42 Å². The van der Waals surface area contributed by atoms with Gasteiger partial charge in [-0.05, 0) is 55.7 Å². The van der Waals surface area contributed by atoms with Crippen molar-refractivity contribution in [3.63, 3.8) is 0 Å². The highest BCUT2D eigenvalue weighted by Gasteiger charge is 2.34. The summed E-state index contributed by atoms with van der Waals surface area (Å²) in [6, 6.07) is 19.9. The molecule has 0 aliphatic carbocycles. The molecular weight excluding hydrogens is 597 g/mol. The highest BCUT2D eigenvalue weighted by Crippen LogP contribution is 2.30. The Morgan fingerprint density at radius 1 is 0.929 bits per heavy atom. The van der Waals surface area contributed by atoms with Crippen LogP contribution in [0.1, 0.15) is 38.3 Å². The summed E-state index contributed by atoms with van der Waals surface area (Å²) in [5.41, 5.74) is 1.71. The molecule has 0 heterocycles. The van der Waals surface area contributed by atoms with Gasteiger partial charge >= 0.3 is 0 Å². The Hall–Kier alpha value is -3.27. The molecular formula is C31H37Cl2N3O5S. The van der Waals surface area contributed by atoms with E-state index >= 15 is 0 Å². The lowest BCUT2D eigenvalue weighted by Gasteiger charge is -2.34. The fraction of sp³-hybridized carbons (Fsp3) is 0.355. The molecule has 11 heteroatoms. The molecule has 0 aromatic heterocycles. The first-order chi connectivity index (χ1) is 19.9. The Kier molecular flexibility index (Phi) is 12.1. The first kappa shape index (κ1) is 33.2. The summed E-state index contributed by atoms with van der Waals surface area (Å²) in [5.74, 6) is -0.593. The molecule has 0 saturated carbocycles. The van der Waals surface area contributed by atoms with Crippen LogP contribution in [0.3, 0.4) is 0 Å². The summed E-state index contributed by atoms with van der Waals surface area (Å²) >= 11 is 12.4. The van der Waals surface area contributed by atoms with Crippen LogP contribution < -0.4 is 14.4 Å². The summed E-state index contributed by atoms with van der Waals surface area (Å²) < 4.78 is 32.8. The monoisotopic (exact) mass is 633 g/mol. The first-order valence-corrected chi connectivity index (χ1v) is 16.3. The minimum atomic E-state index is -3.93. The third-order valence-corrected chi connectivity index (χ3v) is 8.59. The molecule has 3 aromatic rings. The second-order valence-electron chi connectivity index (χ2n) is 9.96. The minimum absolute atomic E-state index is 0.00808. The number of hydrogen-bond acceptors (Lipinski definition) is 5. The van der Waals surface area contributed by atoms with Gasteiger partial charge in [0.25, 0.3) is 0 Å². The third-order valence-electron chi connectivity index (χ3n) is 6.72. The maximum absolute atomic E-state index is 14.2. The number of nitrogens with zero attached hydrogens (tertiary/aromatic N) is 2. The van der Waals surface area contributed by atoms with Gasteiger partial charge in [0.05, 0.1) is 28.6 Å². The average molecular weight is 635 g/mol. The van der Waals surface area contributed by atoms with E-state index in [4.69, 9.17) is 27.9 Å². The number of carbonyl (C=O) groups is 2. The number of carbonyl (C=O) groups excluding carboxylic acids is 2. The standard InChI is InChI=1S/C31H37Cl2N3O5S/c1-5-22(3)34-31(38)28(19-23-12-8-7-9-13-23)35(20-24-16-17-25(32)26(33)18-24)30(37)21-36(42(4,39)40)27-14-10-11-15-29(27)41-6-2/h7-18,22,28H,5-6,19-21H2,1-4H3,(H,34,38)/t22-,28-/m0/s1. The summed E-state index contributed by atoms with van der Waals surface area (Å²) in [5, 5.41) is 3.65. The van der Waals surface area contributed by atoms with Gasteiger partial charge in [-0.1, -0.05) is 78.7 Å². The van der Waals surface area contributed by atoms with Crippen LogP contribution in [0.4, 0.5) is 5.69 Å².